The highest BCUT2D eigenvalue weighted by atomic mass is 31.2. The molecule has 0 aliphatic carbocycles. The standard InChI is InChI=1S/C27H56NO3P/c1-6-8-9-10-11-12-13-14-15-16-17-18-19-20-21-22-23-24-26-31-32(29,30)27(25-7-2)28(3,4)5/h19-20,27H,6-18,21-26H2,1-5H3/p+1. The molecule has 2 unspecified atom stereocenters. The van der Waals surface area contributed by atoms with Crippen molar-refractivity contribution in [1.82, 2.24) is 0 Å². The summed E-state index contributed by atoms with van der Waals surface area (Å²) in [6.07, 6.45) is 27.0. The van der Waals surface area contributed by atoms with Gasteiger partial charge in [0.15, 0.2) is 5.78 Å². The van der Waals surface area contributed by atoms with E-state index in [9.17, 15) is 9.46 Å². The zero-order chi connectivity index (χ0) is 24.1. The summed E-state index contributed by atoms with van der Waals surface area (Å²) < 4.78 is 18.6. The van der Waals surface area contributed by atoms with Gasteiger partial charge in [-0.3, -0.25) is 4.57 Å². The molecule has 0 saturated heterocycles. The molecule has 0 bridgehead atoms. The molecule has 0 amide bonds. The van der Waals surface area contributed by atoms with Crippen LogP contribution in [0.5, 0.6) is 0 Å². The lowest BCUT2D eigenvalue weighted by atomic mass is 10.1. The van der Waals surface area contributed by atoms with Crippen molar-refractivity contribution in [3.63, 3.8) is 0 Å². The maximum absolute atomic E-state index is 12.6. The summed E-state index contributed by atoms with van der Waals surface area (Å²) in [6.45, 7) is 4.71. The first-order valence-corrected chi connectivity index (χ1v) is 15.3. The van der Waals surface area contributed by atoms with Crippen LogP contribution in [0.2, 0.25) is 0 Å². The summed E-state index contributed by atoms with van der Waals surface area (Å²) in [5.74, 6) is -0.342. The summed E-state index contributed by atoms with van der Waals surface area (Å²) in [5.41, 5.74) is 0. The molecule has 0 rings (SSSR count). The fourth-order valence-corrected chi connectivity index (χ4v) is 6.25. The lowest BCUT2D eigenvalue weighted by Gasteiger charge is -2.35. The van der Waals surface area contributed by atoms with Crippen molar-refractivity contribution in [2.24, 2.45) is 0 Å². The monoisotopic (exact) mass is 474 g/mol. The van der Waals surface area contributed by atoms with Gasteiger partial charge in [0.1, 0.15) is 0 Å². The molecule has 1 N–H and O–H groups in total. The molecule has 0 aliphatic rings. The predicted molar refractivity (Wildman–Crippen MR) is 141 cm³/mol. The summed E-state index contributed by atoms with van der Waals surface area (Å²) in [4.78, 5) is 10.4. The van der Waals surface area contributed by atoms with Crippen molar-refractivity contribution in [3.05, 3.63) is 12.2 Å². The average Bonchev–Trinajstić information content (AvgIpc) is 2.72. The summed E-state index contributed by atoms with van der Waals surface area (Å²) in [5, 5.41) is 0. The molecule has 0 saturated carbocycles. The minimum atomic E-state index is -3.58. The van der Waals surface area contributed by atoms with E-state index in [2.05, 4.69) is 19.1 Å². The average molecular weight is 475 g/mol. The Hall–Kier alpha value is -0.150. The fourth-order valence-electron chi connectivity index (χ4n) is 4.23. The number of allylic oxidation sites excluding steroid dienone is 2. The molecule has 0 spiro atoms. The molecule has 0 heterocycles. The molecule has 32 heavy (non-hydrogen) atoms. The molecular formula is C27H57NO3P+. The Morgan fingerprint density at radius 3 is 1.59 bits per heavy atom. The number of rotatable bonds is 23. The van der Waals surface area contributed by atoms with Crippen molar-refractivity contribution in [1.29, 1.82) is 0 Å². The first-order chi connectivity index (χ1) is 15.3. The van der Waals surface area contributed by atoms with Gasteiger partial charge in [-0.15, -0.1) is 0 Å². The lowest BCUT2D eigenvalue weighted by molar-refractivity contribution is -0.883. The highest BCUT2D eigenvalue weighted by Crippen LogP contribution is 2.51. The topological polar surface area (TPSA) is 46.5 Å². The smallest absolute Gasteiger partial charge is 0.320 e. The van der Waals surface area contributed by atoms with Crippen LogP contribution in [0, 0.1) is 0 Å². The Bertz CT molecular complexity index is 488. The molecule has 0 aromatic heterocycles. The summed E-state index contributed by atoms with van der Waals surface area (Å²) in [7, 11) is 2.33. The molecule has 0 aliphatic heterocycles. The van der Waals surface area contributed by atoms with Crippen molar-refractivity contribution in [2.45, 2.75) is 135 Å². The van der Waals surface area contributed by atoms with Gasteiger partial charge in [0.25, 0.3) is 0 Å². The van der Waals surface area contributed by atoms with E-state index in [1.165, 1.54) is 77.0 Å². The second kappa shape index (κ2) is 20.2. The maximum atomic E-state index is 12.6. The van der Waals surface area contributed by atoms with Crippen LogP contribution < -0.4 is 0 Å². The van der Waals surface area contributed by atoms with E-state index in [4.69, 9.17) is 4.52 Å². The van der Waals surface area contributed by atoms with Crippen LogP contribution in [0.15, 0.2) is 12.2 Å². The molecular weight excluding hydrogens is 417 g/mol. The van der Waals surface area contributed by atoms with Gasteiger partial charge in [0, 0.05) is 6.42 Å². The van der Waals surface area contributed by atoms with E-state index in [0.717, 1.165) is 32.1 Å². The van der Waals surface area contributed by atoms with Gasteiger partial charge >= 0.3 is 7.60 Å². The van der Waals surface area contributed by atoms with Crippen molar-refractivity contribution >= 4 is 7.60 Å². The van der Waals surface area contributed by atoms with Gasteiger partial charge in [0.2, 0.25) is 0 Å². The number of unbranched alkanes of at least 4 members (excludes halogenated alkanes) is 14. The molecule has 0 fully saturated rings. The van der Waals surface area contributed by atoms with Crippen LogP contribution in [0.25, 0.3) is 0 Å². The van der Waals surface area contributed by atoms with Crippen LogP contribution >= 0.6 is 7.60 Å². The second-order valence-electron chi connectivity index (χ2n) is 10.4. The van der Waals surface area contributed by atoms with Gasteiger partial charge in [-0.2, -0.15) is 0 Å². The second-order valence-corrected chi connectivity index (χ2v) is 12.4. The number of hydrogen-bond acceptors (Lipinski definition) is 2. The van der Waals surface area contributed by atoms with Crippen molar-refractivity contribution < 1.29 is 18.5 Å². The zero-order valence-corrected chi connectivity index (χ0v) is 23.2. The van der Waals surface area contributed by atoms with E-state index in [1.807, 2.05) is 28.1 Å². The lowest BCUT2D eigenvalue weighted by Crippen LogP contribution is -2.45. The van der Waals surface area contributed by atoms with E-state index >= 15 is 0 Å². The molecule has 5 heteroatoms. The highest BCUT2D eigenvalue weighted by Gasteiger charge is 2.41. The Labute approximate surface area is 201 Å². The van der Waals surface area contributed by atoms with E-state index < -0.39 is 7.60 Å². The molecule has 192 valence electrons. The zero-order valence-electron chi connectivity index (χ0n) is 22.3. The van der Waals surface area contributed by atoms with Gasteiger partial charge in [-0.1, -0.05) is 96.6 Å². The number of nitrogens with zero attached hydrogens (tertiary/aromatic N) is 1. The van der Waals surface area contributed by atoms with Crippen LogP contribution in [-0.2, 0) is 9.09 Å². The largest absolute Gasteiger partial charge is 0.385 e. The van der Waals surface area contributed by atoms with E-state index in [-0.39, 0.29) is 5.78 Å². The van der Waals surface area contributed by atoms with Crippen LogP contribution in [0.3, 0.4) is 0 Å². The number of hydrogen-bond donors (Lipinski definition) is 1. The Kier molecular flexibility index (Phi) is 20.1. The normalized spacial score (nSPS) is 15.3. The molecule has 4 nitrogen and oxygen atoms in total. The van der Waals surface area contributed by atoms with Crippen molar-refractivity contribution in [2.75, 3.05) is 27.7 Å². The molecule has 2 atom stereocenters. The maximum Gasteiger partial charge on any atom is 0.385 e. The third-order valence-electron chi connectivity index (χ3n) is 6.25. The first kappa shape index (κ1) is 31.9. The minimum absolute atomic E-state index is 0.342. The van der Waals surface area contributed by atoms with E-state index in [0.29, 0.717) is 17.5 Å². The predicted octanol–water partition coefficient (Wildman–Crippen LogP) is 8.84. The van der Waals surface area contributed by atoms with Gasteiger partial charge in [-0.05, 0) is 38.5 Å². The SMILES string of the molecule is CCCCCCCCCCCCCC=CCCCCCOP(=O)(O)C(CCC)[N+](C)(C)C. The summed E-state index contributed by atoms with van der Waals surface area (Å²) in [6, 6.07) is 0. The summed E-state index contributed by atoms with van der Waals surface area (Å²) >= 11 is 0. The quantitative estimate of drug-likeness (QED) is 0.0696. The number of quaternary nitrogens is 1. The molecule has 0 aromatic rings. The Morgan fingerprint density at radius 2 is 1.16 bits per heavy atom. The minimum Gasteiger partial charge on any atom is -0.320 e. The van der Waals surface area contributed by atoms with Gasteiger partial charge < -0.3 is 13.9 Å². The Balaban J connectivity index is 3.57. The first-order valence-electron chi connectivity index (χ1n) is 13.7. The van der Waals surface area contributed by atoms with Crippen molar-refractivity contribution in [3.8, 4) is 0 Å². The Morgan fingerprint density at radius 1 is 0.719 bits per heavy atom. The van der Waals surface area contributed by atoms with Crippen LogP contribution in [-0.4, -0.2) is 42.9 Å². The van der Waals surface area contributed by atoms with Crippen LogP contribution in [0.4, 0.5) is 0 Å². The third-order valence-corrected chi connectivity index (χ3v) is 8.51. The van der Waals surface area contributed by atoms with E-state index in [1.54, 1.807) is 0 Å². The van der Waals surface area contributed by atoms with Gasteiger partial charge in [-0.25, -0.2) is 0 Å². The molecule has 0 radical (unpaired) electrons. The van der Waals surface area contributed by atoms with Gasteiger partial charge in [0.05, 0.1) is 27.7 Å². The highest BCUT2D eigenvalue weighted by molar-refractivity contribution is 7.53. The fraction of sp³-hybridized carbons (Fsp3) is 0.926. The molecule has 0 aromatic carbocycles. The third kappa shape index (κ3) is 18.3. The van der Waals surface area contributed by atoms with Crippen LogP contribution in [0.1, 0.15) is 129 Å².